The first kappa shape index (κ1) is 38.1. The van der Waals surface area contributed by atoms with Crippen molar-refractivity contribution in [2.75, 3.05) is 19.6 Å². The average molecular weight is 694 g/mol. The predicted molar refractivity (Wildman–Crippen MR) is 177 cm³/mol. The fraction of sp³-hybridized carbons (Fsp3) is 0.485. The molecule has 2 atom stereocenters. The van der Waals surface area contributed by atoms with E-state index in [0.29, 0.717) is 48.1 Å². The summed E-state index contributed by atoms with van der Waals surface area (Å²) in [4.78, 5) is 38.4. The van der Waals surface area contributed by atoms with Gasteiger partial charge >= 0.3 is 12.1 Å². The van der Waals surface area contributed by atoms with Crippen molar-refractivity contribution in [2.24, 2.45) is 23.3 Å². The summed E-state index contributed by atoms with van der Waals surface area (Å²) in [6.45, 7) is 1.97. The van der Waals surface area contributed by atoms with Gasteiger partial charge in [-0.25, -0.2) is 4.79 Å². The molecule has 2 fully saturated rings. The lowest BCUT2D eigenvalue weighted by atomic mass is 9.82. The number of aliphatic carboxylic acids is 1. The zero-order chi connectivity index (χ0) is 35.4. The number of nitrogens with one attached hydrogen (secondary N) is 4. The van der Waals surface area contributed by atoms with E-state index < -0.39 is 24.1 Å². The molecule has 0 aromatic heterocycles. The number of guanidine groups is 1. The Bertz CT molecular complexity index is 1430. The molecule has 1 saturated heterocycles. The molecule has 15 heteroatoms. The molecule has 0 radical (unpaired) electrons. The number of carbonyl (C=O) groups excluding carboxylic acids is 2. The minimum Gasteiger partial charge on any atom is -0.475 e. The smallest absolute Gasteiger partial charge is 0.475 e. The lowest BCUT2D eigenvalue weighted by Crippen LogP contribution is -2.53. The van der Waals surface area contributed by atoms with Crippen molar-refractivity contribution in [3.8, 4) is 0 Å². The number of piperidine rings is 1. The quantitative estimate of drug-likeness (QED) is 0.142. The van der Waals surface area contributed by atoms with Crippen LogP contribution in [0, 0.1) is 22.7 Å². The fourth-order valence-electron chi connectivity index (χ4n) is 6.01. The van der Waals surface area contributed by atoms with Crippen molar-refractivity contribution in [3.63, 3.8) is 0 Å². The molecule has 2 aliphatic rings. The number of nitrogen functional groups attached to an aromatic ring is 1. The van der Waals surface area contributed by atoms with Crippen molar-refractivity contribution in [3.05, 3.63) is 70.2 Å². The first-order valence-electron chi connectivity index (χ1n) is 15.8. The van der Waals surface area contributed by atoms with Crippen LogP contribution in [0.15, 0.2) is 48.5 Å². The van der Waals surface area contributed by atoms with Crippen LogP contribution in [0.5, 0.6) is 0 Å². The third kappa shape index (κ3) is 11.4. The van der Waals surface area contributed by atoms with Crippen LogP contribution in [0.2, 0.25) is 5.02 Å². The Hall–Kier alpha value is -4.33. The molecule has 0 spiro atoms. The van der Waals surface area contributed by atoms with Gasteiger partial charge in [-0.15, -0.1) is 0 Å². The molecule has 1 saturated carbocycles. The number of hydrogen-bond donors (Lipinski definition) is 7. The maximum atomic E-state index is 14.0. The van der Waals surface area contributed by atoms with E-state index >= 15 is 0 Å². The van der Waals surface area contributed by atoms with Crippen LogP contribution < -0.4 is 22.1 Å². The molecule has 0 bridgehead atoms. The Balaban J connectivity index is 0.000000804. The molecule has 1 heterocycles. The minimum absolute atomic E-state index is 0.0114. The van der Waals surface area contributed by atoms with Gasteiger partial charge in [-0.2, -0.15) is 13.2 Å². The number of carbonyl (C=O) groups is 3. The molecule has 9 N–H and O–H groups in total. The third-order valence-corrected chi connectivity index (χ3v) is 9.11. The number of nitrogens with zero attached hydrogens (tertiary/aromatic N) is 1. The number of amidine groups is 1. The Morgan fingerprint density at radius 1 is 0.938 bits per heavy atom. The summed E-state index contributed by atoms with van der Waals surface area (Å²) in [7, 11) is 0. The minimum atomic E-state index is -5.08. The largest absolute Gasteiger partial charge is 0.490 e. The number of amides is 2. The van der Waals surface area contributed by atoms with Crippen LogP contribution >= 0.6 is 11.6 Å². The van der Waals surface area contributed by atoms with Gasteiger partial charge in [0.25, 0.3) is 0 Å². The van der Waals surface area contributed by atoms with Crippen molar-refractivity contribution in [2.45, 2.75) is 69.5 Å². The maximum Gasteiger partial charge on any atom is 0.490 e. The lowest BCUT2D eigenvalue weighted by molar-refractivity contribution is -0.192. The van der Waals surface area contributed by atoms with E-state index in [-0.39, 0.29) is 29.5 Å². The molecule has 11 nitrogen and oxygen atoms in total. The van der Waals surface area contributed by atoms with E-state index in [9.17, 15) is 22.8 Å². The summed E-state index contributed by atoms with van der Waals surface area (Å²) in [5.74, 6) is -3.25. The molecule has 262 valence electrons. The average Bonchev–Trinajstić information content (AvgIpc) is 3.06. The standard InChI is InChI=1S/C31H42ClN7O2.C2HF3O2/c32-26-9-5-4-8-24(26)25(18-20-10-12-23(13-11-20)28(33)34)29(40)38-27(22-6-2-1-3-7-22)30(41)37-19-21-14-16-39(17-15-21)31(35)36;3-2(4,5)1(6)7/h4-5,8-13,21-22,25,27H,1-3,6-7,14-19H2,(H3,33,34)(H3,35,36)(H,37,41)(H,38,40);(H,6,7)/t25?,27-;/m0./s1. The summed E-state index contributed by atoms with van der Waals surface area (Å²) in [5, 5.41) is 29.2. The Labute approximate surface area is 282 Å². The second kappa shape index (κ2) is 17.7. The third-order valence-electron chi connectivity index (χ3n) is 8.77. The summed E-state index contributed by atoms with van der Waals surface area (Å²) < 4.78 is 31.7. The number of carboxylic acid groups (broad SMARTS) is 1. The number of benzene rings is 2. The van der Waals surface area contributed by atoms with Gasteiger partial charge < -0.3 is 32.1 Å². The fourth-order valence-corrected chi connectivity index (χ4v) is 6.28. The normalized spacial score (nSPS) is 16.9. The monoisotopic (exact) mass is 693 g/mol. The zero-order valence-electron chi connectivity index (χ0n) is 26.5. The van der Waals surface area contributed by atoms with Gasteiger partial charge in [0.15, 0.2) is 5.96 Å². The molecule has 48 heavy (non-hydrogen) atoms. The van der Waals surface area contributed by atoms with Gasteiger partial charge in [-0.3, -0.25) is 20.4 Å². The Morgan fingerprint density at radius 2 is 1.52 bits per heavy atom. The van der Waals surface area contributed by atoms with Gasteiger partial charge in [0, 0.05) is 30.2 Å². The number of hydrogen-bond acceptors (Lipinski definition) is 5. The molecule has 1 unspecified atom stereocenters. The predicted octanol–water partition coefficient (Wildman–Crippen LogP) is 4.37. The second-order valence-electron chi connectivity index (χ2n) is 12.1. The van der Waals surface area contributed by atoms with Crippen LogP contribution in [0.25, 0.3) is 0 Å². The van der Waals surface area contributed by atoms with E-state index in [4.69, 9.17) is 43.8 Å². The van der Waals surface area contributed by atoms with Crippen LogP contribution in [0.1, 0.15) is 67.6 Å². The van der Waals surface area contributed by atoms with Crippen molar-refractivity contribution < 1.29 is 32.7 Å². The first-order valence-corrected chi connectivity index (χ1v) is 16.2. The summed E-state index contributed by atoms with van der Waals surface area (Å²) >= 11 is 6.58. The Kier molecular flexibility index (Phi) is 14.1. The summed E-state index contributed by atoms with van der Waals surface area (Å²) in [5.41, 5.74) is 13.5. The summed E-state index contributed by atoms with van der Waals surface area (Å²) in [6, 6.07) is 14.0. The van der Waals surface area contributed by atoms with Crippen LogP contribution in [-0.2, 0) is 20.8 Å². The highest BCUT2D eigenvalue weighted by atomic mass is 35.5. The van der Waals surface area contributed by atoms with E-state index in [1.807, 2.05) is 35.2 Å². The van der Waals surface area contributed by atoms with Crippen LogP contribution in [0.3, 0.4) is 0 Å². The number of likely N-dealkylation sites (tertiary alicyclic amines) is 1. The van der Waals surface area contributed by atoms with Crippen LogP contribution in [-0.4, -0.2) is 71.4 Å². The lowest BCUT2D eigenvalue weighted by Gasteiger charge is -2.34. The van der Waals surface area contributed by atoms with Crippen molar-refractivity contribution in [1.29, 1.82) is 10.8 Å². The zero-order valence-corrected chi connectivity index (χ0v) is 27.2. The van der Waals surface area contributed by atoms with Gasteiger partial charge in [-0.05, 0) is 61.1 Å². The van der Waals surface area contributed by atoms with Gasteiger partial charge in [-0.1, -0.05) is 73.3 Å². The van der Waals surface area contributed by atoms with E-state index in [1.54, 1.807) is 18.2 Å². The maximum absolute atomic E-state index is 14.0. The number of alkyl halides is 3. The van der Waals surface area contributed by atoms with E-state index in [2.05, 4.69) is 10.6 Å². The molecule has 2 aromatic carbocycles. The highest BCUT2D eigenvalue weighted by molar-refractivity contribution is 6.31. The Morgan fingerprint density at radius 3 is 2.04 bits per heavy atom. The second-order valence-corrected chi connectivity index (χ2v) is 12.5. The molecule has 2 aromatic rings. The SMILES string of the molecule is N=C(N)c1ccc(CC(C(=O)N[C@H](C(=O)NCC2CCN(C(=N)N)CC2)C2CCCCC2)c2ccccc2Cl)cc1.O=C(O)C(F)(F)F. The molecular weight excluding hydrogens is 651 g/mol. The van der Waals surface area contributed by atoms with Gasteiger partial charge in [0.2, 0.25) is 11.8 Å². The number of carboxylic acids is 1. The molecule has 4 rings (SSSR count). The first-order chi connectivity index (χ1) is 22.7. The topological polar surface area (TPSA) is 198 Å². The van der Waals surface area contributed by atoms with Gasteiger partial charge in [0.05, 0.1) is 5.92 Å². The number of nitrogens with two attached hydrogens (primary N) is 2. The molecule has 1 aliphatic heterocycles. The highest BCUT2D eigenvalue weighted by Gasteiger charge is 2.38. The molecule has 1 aliphatic carbocycles. The highest BCUT2D eigenvalue weighted by Crippen LogP contribution is 2.31. The molecular formula is C33H43ClF3N7O4. The van der Waals surface area contributed by atoms with E-state index in [1.165, 1.54) is 0 Å². The molecule has 2 amide bonds. The number of rotatable bonds is 10. The van der Waals surface area contributed by atoms with Crippen molar-refractivity contribution >= 4 is 41.2 Å². The van der Waals surface area contributed by atoms with E-state index in [0.717, 1.165) is 50.5 Å². The summed E-state index contributed by atoms with van der Waals surface area (Å²) in [6.07, 6.45) is 2.06. The number of halogens is 4. The van der Waals surface area contributed by atoms with Gasteiger partial charge in [0.1, 0.15) is 11.9 Å². The van der Waals surface area contributed by atoms with Crippen LogP contribution in [0.4, 0.5) is 13.2 Å². The van der Waals surface area contributed by atoms with Crippen molar-refractivity contribution in [1.82, 2.24) is 15.5 Å².